The number of halogens is 1. The number of benzene rings is 1. The van der Waals surface area contributed by atoms with Gasteiger partial charge in [-0.25, -0.2) is 14.4 Å². The van der Waals surface area contributed by atoms with Crippen LogP contribution in [0, 0.1) is 18.7 Å². The van der Waals surface area contributed by atoms with E-state index in [0.29, 0.717) is 23.7 Å². The quantitative estimate of drug-likeness (QED) is 0.789. The molecule has 1 saturated heterocycles. The van der Waals surface area contributed by atoms with E-state index >= 15 is 0 Å². The molecule has 0 atom stereocenters. The first-order chi connectivity index (χ1) is 11.1. The fraction of sp³-hybridized carbons (Fsp3) is 0.267. The lowest BCUT2D eigenvalue weighted by Gasteiger charge is -2.37. The maximum atomic E-state index is 13.7. The lowest BCUT2D eigenvalue weighted by molar-refractivity contribution is -0.120. The Kier molecular flexibility index (Phi) is 3.50. The molecule has 0 aliphatic carbocycles. The second-order valence-electron chi connectivity index (χ2n) is 5.45. The van der Waals surface area contributed by atoms with E-state index in [0.717, 1.165) is 14.7 Å². The zero-order chi connectivity index (χ0) is 16.0. The van der Waals surface area contributed by atoms with Crippen molar-refractivity contribution in [2.75, 3.05) is 23.3 Å². The standard InChI is InChI=1S/C15H13FN4OS2/c1-8-5-17-14(22-8)19-13(21)9-6-20(7-9)15-18-12-10(16)3-2-4-11(12)23-15/h2-5,9H,6-7H2,1H3,(H,17,19,21). The Bertz CT molecular complexity index is 885. The average molecular weight is 348 g/mol. The number of thiazole rings is 2. The summed E-state index contributed by atoms with van der Waals surface area (Å²) in [6.45, 7) is 3.14. The Labute approximate surface area is 139 Å². The van der Waals surface area contributed by atoms with Crippen molar-refractivity contribution in [3.05, 3.63) is 35.1 Å². The van der Waals surface area contributed by atoms with Crippen molar-refractivity contribution < 1.29 is 9.18 Å². The van der Waals surface area contributed by atoms with Crippen molar-refractivity contribution in [1.82, 2.24) is 9.97 Å². The molecule has 0 saturated carbocycles. The molecule has 0 radical (unpaired) electrons. The van der Waals surface area contributed by atoms with Gasteiger partial charge in [-0.15, -0.1) is 11.3 Å². The lowest BCUT2D eigenvalue weighted by atomic mass is 10.0. The minimum absolute atomic E-state index is 0.0251. The van der Waals surface area contributed by atoms with E-state index in [9.17, 15) is 9.18 Å². The molecule has 1 aliphatic rings. The molecular formula is C15H13FN4OS2. The number of nitrogens with one attached hydrogen (secondary N) is 1. The van der Waals surface area contributed by atoms with Gasteiger partial charge in [-0.1, -0.05) is 17.4 Å². The number of fused-ring (bicyclic) bond motifs is 1. The first-order valence-corrected chi connectivity index (χ1v) is 8.77. The minimum Gasteiger partial charge on any atom is -0.346 e. The van der Waals surface area contributed by atoms with Crippen LogP contribution in [0.5, 0.6) is 0 Å². The van der Waals surface area contributed by atoms with Crippen molar-refractivity contribution >= 4 is 49.1 Å². The second-order valence-corrected chi connectivity index (χ2v) is 7.69. The monoisotopic (exact) mass is 348 g/mol. The molecule has 3 aromatic rings. The molecule has 0 spiro atoms. The van der Waals surface area contributed by atoms with Gasteiger partial charge in [0.15, 0.2) is 10.3 Å². The normalized spacial score (nSPS) is 15.0. The molecule has 118 valence electrons. The smallest absolute Gasteiger partial charge is 0.232 e. The van der Waals surface area contributed by atoms with Gasteiger partial charge in [-0.2, -0.15) is 0 Å². The zero-order valence-electron chi connectivity index (χ0n) is 12.2. The number of aryl methyl sites for hydroxylation is 1. The summed E-state index contributed by atoms with van der Waals surface area (Å²) in [5, 5.41) is 4.23. The molecule has 1 aliphatic heterocycles. The summed E-state index contributed by atoms with van der Waals surface area (Å²) in [6, 6.07) is 4.95. The van der Waals surface area contributed by atoms with Crippen molar-refractivity contribution in [3.8, 4) is 0 Å². The molecule has 1 N–H and O–H groups in total. The molecule has 3 heterocycles. The summed E-state index contributed by atoms with van der Waals surface area (Å²) in [7, 11) is 0. The Morgan fingerprint density at radius 1 is 1.39 bits per heavy atom. The van der Waals surface area contributed by atoms with E-state index in [1.54, 1.807) is 12.3 Å². The Hall–Kier alpha value is -2.06. The maximum absolute atomic E-state index is 13.7. The van der Waals surface area contributed by atoms with Crippen molar-refractivity contribution in [1.29, 1.82) is 0 Å². The Balaban J connectivity index is 1.42. The van der Waals surface area contributed by atoms with Gasteiger partial charge >= 0.3 is 0 Å². The van der Waals surface area contributed by atoms with Gasteiger partial charge in [0.05, 0.1) is 10.6 Å². The highest BCUT2D eigenvalue weighted by Crippen LogP contribution is 2.34. The predicted octanol–water partition coefficient (Wildman–Crippen LogP) is 3.28. The Morgan fingerprint density at radius 2 is 2.22 bits per heavy atom. The van der Waals surface area contributed by atoms with Crippen LogP contribution in [0.3, 0.4) is 0 Å². The fourth-order valence-electron chi connectivity index (χ4n) is 2.46. The van der Waals surface area contributed by atoms with Gasteiger partial charge in [0.1, 0.15) is 11.3 Å². The van der Waals surface area contributed by atoms with Crippen LogP contribution in [0.15, 0.2) is 24.4 Å². The molecule has 5 nitrogen and oxygen atoms in total. The largest absolute Gasteiger partial charge is 0.346 e. The van der Waals surface area contributed by atoms with Crippen LogP contribution in [0.4, 0.5) is 14.7 Å². The first-order valence-electron chi connectivity index (χ1n) is 7.13. The highest BCUT2D eigenvalue weighted by molar-refractivity contribution is 7.22. The molecule has 0 unspecified atom stereocenters. The highest BCUT2D eigenvalue weighted by Gasteiger charge is 2.34. The van der Waals surface area contributed by atoms with Gasteiger partial charge in [0.2, 0.25) is 5.91 Å². The Morgan fingerprint density at radius 3 is 2.91 bits per heavy atom. The average Bonchev–Trinajstić information content (AvgIpc) is 3.04. The fourth-order valence-corrected chi connectivity index (χ4v) is 4.12. The van der Waals surface area contributed by atoms with Crippen LogP contribution >= 0.6 is 22.7 Å². The van der Waals surface area contributed by atoms with Crippen LogP contribution < -0.4 is 10.2 Å². The van der Waals surface area contributed by atoms with E-state index in [-0.39, 0.29) is 17.6 Å². The molecule has 1 fully saturated rings. The number of aromatic nitrogens is 2. The molecule has 1 aromatic carbocycles. The number of carbonyl (C=O) groups excluding carboxylic acids is 1. The number of para-hydroxylation sites is 1. The molecule has 4 rings (SSSR count). The predicted molar refractivity (Wildman–Crippen MR) is 90.8 cm³/mol. The van der Waals surface area contributed by atoms with Crippen LogP contribution in [-0.2, 0) is 4.79 Å². The third-order valence-corrected chi connectivity index (χ3v) is 5.64. The van der Waals surface area contributed by atoms with E-state index in [4.69, 9.17) is 0 Å². The van der Waals surface area contributed by atoms with E-state index in [1.807, 2.05) is 17.9 Å². The van der Waals surface area contributed by atoms with E-state index in [1.165, 1.54) is 28.7 Å². The summed E-state index contributed by atoms with van der Waals surface area (Å²) < 4.78 is 14.5. The van der Waals surface area contributed by atoms with E-state index < -0.39 is 0 Å². The number of hydrogen-bond acceptors (Lipinski definition) is 6. The third kappa shape index (κ3) is 2.68. The van der Waals surface area contributed by atoms with Crippen LogP contribution in [0.1, 0.15) is 4.88 Å². The highest BCUT2D eigenvalue weighted by atomic mass is 32.1. The SMILES string of the molecule is Cc1cnc(NC(=O)C2CN(c3nc4c(F)cccc4s3)C2)s1. The van der Waals surface area contributed by atoms with Crippen LogP contribution in [0.25, 0.3) is 10.2 Å². The van der Waals surface area contributed by atoms with Gasteiger partial charge in [-0.05, 0) is 19.1 Å². The maximum Gasteiger partial charge on any atom is 0.232 e. The molecule has 1 amide bonds. The van der Waals surface area contributed by atoms with Crippen molar-refractivity contribution in [2.45, 2.75) is 6.92 Å². The minimum atomic E-state index is -0.307. The number of carbonyl (C=O) groups is 1. The van der Waals surface area contributed by atoms with Crippen LogP contribution in [0.2, 0.25) is 0 Å². The van der Waals surface area contributed by atoms with Gasteiger partial charge in [0.25, 0.3) is 0 Å². The second kappa shape index (κ2) is 5.54. The first kappa shape index (κ1) is 14.5. The molecule has 2 aromatic heterocycles. The number of anilines is 2. The van der Waals surface area contributed by atoms with Crippen molar-refractivity contribution in [3.63, 3.8) is 0 Å². The summed E-state index contributed by atoms with van der Waals surface area (Å²) in [5.41, 5.74) is 0.402. The van der Waals surface area contributed by atoms with Gasteiger partial charge in [-0.3, -0.25) is 4.79 Å². The van der Waals surface area contributed by atoms with E-state index in [2.05, 4.69) is 15.3 Å². The molecule has 0 bridgehead atoms. The number of nitrogens with zero attached hydrogens (tertiary/aromatic N) is 3. The van der Waals surface area contributed by atoms with Crippen molar-refractivity contribution in [2.24, 2.45) is 5.92 Å². The number of amides is 1. The molecule has 8 heteroatoms. The number of rotatable bonds is 3. The van der Waals surface area contributed by atoms with Gasteiger partial charge in [0, 0.05) is 24.2 Å². The molecular weight excluding hydrogens is 335 g/mol. The summed E-state index contributed by atoms with van der Waals surface area (Å²) in [6.07, 6.45) is 1.74. The van der Waals surface area contributed by atoms with Crippen LogP contribution in [-0.4, -0.2) is 29.0 Å². The van der Waals surface area contributed by atoms with Gasteiger partial charge < -0.3 is 10.2 Å². The zero-order valence-corrected chi connectivity index (χ0v) is 13.9. The summed E-state index contributed by atoms with van der Waals surface area (Å²) >= 11 is 2.91. The third-order valence-electron chi connectivity index (χ3n) is 3.73. The number of hydrogen-bond donors (Lipinski definition) is 1. The summed E-state index contributed by atoms with van der Waals surface area (Å²) in [5.74, 6) is -0.419. The topological polar surface area (TPSA) is 58.1 Å². The molecule has 23 heavy (non-hydrogen) atoms. The summed E-state index contributed by atoms with van der Waals surface area (Å²) in [4.78, 5) is 23.7. The lowest BCUT2D eigenvalue weighted by Crippen LogP contribution is -2.52.